The third-order valence-electron chi connectivity index (χ3n) is 3.03. The maximum Gasteiger partial charge on any atom is 0.126 e. The molecule has 0 aliphatic rings. The van der Waals surface area contributed by atoms with E-state index in [2.05, 4.69) is 38.2 Å². The largest absolute Gasteiger partial charge is 0.496 e. The van der Waals surface area contributed by atoms with E-state index >= 15 is 0 Å². The highest BCUT2D eigenvalue weighted by molar-refractivity contribution is 5.60. The minimum atomic E-state index is 0.339. The fourth-order valence-electron chi connectivity index (χ4n) is 1.98. The number of hydrogen-bond donors (Lipinski definition) is 1. The smallest absolute Gasteiger partial charge is 0.126 e. The van der Waals surface area contributed by atoms with E-state index in [9.17, 15) is 0 Å². The van der Waals surface area contributed by atoms with Crippen LogP contribution in [0.1, 0.15) is 24.5 Å². The van der Waals surface area contributed by atoms with Gasteiger partial charge in [0, 0.05) is 24.4 Å². The molecular weight excluding hydrogens is 214 g/mol. The molecule has 0 aliphatic heterocycles. The molecule has 1 aromatic carbocycles. The Hall–Kier alpha value is -1.22. The minimum absolute atomic E-state index is 0.339. The van der Waals surface area contributed by atoms with Crippen molar-refractivity contribution in [2.75, 3.05) is 26.1 Å². The molecule has 0 heterocycles. The zero-order valence-corrected chi connectivity index (χ0v) is 11.5. The Morgan fingerprint density at radius 2 is 1.94 bits per heavy atom. The lowest BCUT2D eigenvalue weighted by atomic mass is 10.1. The van der Waals surface area contributed by atoms with Gasteiger partial charge in [-0.25, -0.2) is 0 Å². The van der Waals surface area contributed by atoms with Gasteiger partial charge in [-0.2, -0.15) is 0 Å². The molecule has 1 unspecified atom stereocenters. The molecule has 1 N–H and O–H groups in total. The Labute approximate surface area is 104 Å². The van der Waals surface area contributed by atoms with E-state index in [1.165, 1.54) is 0 Å². The molecule has 0 amide bonds. The number of anilines is 1. The third kappa shape index (κ3) is 3.37. The normalized spacial score (nSPS) is 12.3. The summed E-state index contributed by atoms with van der Waals surface area (Å²) in [5.74, 6) is 0.960. The van der Waals surface area contributed by atoms with Crippen molar-refractivity contribution in [2.45, 2.75) is 33.2 Å². The molecule has 1 atom stereocenters. The van der Waals surface area contributed by atoms with E-state index in [4.69, 9.17) is 9.47 Å². The van der Waals surface area contributed by atoms with Crippen molar-refractivity contribution in [3.8, 4) is 5.75 Å². The Balaban J connectivity index is 2.91. The van der Waals surface area contributed by atoms with Crippen molar-refractivity contribution in [3.63, 3.8) is 0 Å². The van der Waals surface area contributed by atoms with Crippen molar-refractivity contribution < 1.29 is 9.47 Å². The number of aryl methyl sites for hydroxylation is 1. The Bertz CT molecular complexity index is 363. The Morgan fingerprint density at radius 3 is 2.47 bits per heavy atom. The first-order valence-corrected chi connectivity index (χ1v) is 6.03. The van der Waals surface area contributed by atoms with Crippen molar-refractivity contribution in [1.82, 2.24) is 0 Å². The van der Waals surface area contributed by atoms with E-state index in [-0.39, 0.29) is 0 Å². The third-order valence-corrected chi connectivity index (χ3v) is 3.03. The fraction of sp³-hybridized carbons (Fsp3) is 0.571. The molecule has 3 heteroatoms. The highest BCUT2D eigenvalue weighted by Gasteiger charge is 2.11. The quantitative estimate of drug-likeness (QED) is 0.824. The molecule has 3 nitrogen and oxygen atoms in total. The average molecular weight is 237 g/mol. The molecular formula is C14H23NO2. The van der Waals surface area contributed by atoms with Crippen LogP contribution in [0.5, 0.6) is 5.75 Å². The summed E-state index contributed by atoms with van der Waals surface area (Å²) in [4.78, 5) is 0. The minimum Gasteiger partial charge on any atom is -0.496 e. The second-order valence-corrected chi connectivity index (χ2v) is 4.29. The maximum atomic E-state index is 5.42. The summed E-state index contributed by atoms with van der Waals surface area (Å²) >= 11 is 0. The number of methoxy groups -OCH3 is 2. The standard InChI is InChI=1S/C14H23NO2/c1-6-12(9-16-4)15-13-8-7-10(2)14(17-5)11(13)3/h7-8,12,15H,6,9H2,1-5H3. The van der Waals surface area contributed by atoms with Gasteiger partial charge in [-0.05, 0) is 31.9 Å². The van der Waals surface area contributed by atoms with E-state index in [0.29, 0.717) is 12.6 Å². The molecule has 0 bridgehead atoms. The van der Waals surface area contributed by atoms with Crippen LogP contribution in [0.15, 0.2) is 12.1 Å². The van der Waals surface area contributed by atoms with Crippen LogP contribution in [0, 0.1) is 13.8 Å². The Morgan fingerprint density at radius 1 is 1.24 bits per heavy atom. The average Bonchev–Trinajstić information content (AvgIpc) is 2.32. The lowest BCUT2D eigenvalue weighted by molar-refractivity contribution is 0.184. The number of benzene rings is 1. The molecule has 0 saturated carbocycles. The first-order valence-electron chi connectivity index (χ1n) is 6.03. The molecule has 1 aromatic rings. The van der Waals surface area contributed by atoms with Gasteiger partial charge in [0.25, 0.3) is 0 Å². The predicted octanol–water partition coefficient (Wildman–Crippen LogP) is 3.15. The van der Waals surface area contributed by atoms with E-state index in [1.807, 2.05) is 0 Å². The molecule has 0 spiro atoms. The van der Waals surface area contributed by atoms with Gasteiger partial charge in [-0.1, -0.05) is 13.0 Å². The summed E-state index contributed by atoms with van der Waals surface area (Å²) in [6.45, 7) is 7.00. The van der Waals surface area contributed by atoms with Crippen LogP contribution in [0.2, 0.25) is 0 Å². The van der Waals surface area contributed by atoms with E-state index in [1.54, 1.807) is 14.2 Å². The second-order valence-electron chi connectivity index (χ2n) is 4.29. The zero-order valence-electron chi connectivity index (χ0n) is 11.5. The van der Waals surface area contributed by atoms with E-state index < -0.39 is 0 Å². The molecule has 1 rings (SSSR count). The topological polar surface area (TPSA) is 30.5 Å². The summed E-state index contributed by atoms with van der Waals surface area (Å²) in [6, 6.07) is 4.52. The highest BCUT2D eigenvalue weighted by atomic mass is 16.5. The molecule has 96 valence electrons. The maximum absolute atomic E-state index is 5.42. The summed E-state index contributed by atoms with van der Waals surface area (Å²) in [6.07, 6.45) is 1.03. The van der Waals surface area contributed by atoms with Gasteiger partial charge in [-0.3, -0.25) is 0 Å². The molecule has 0 aliphatic carbocycles. The van der Waals surface area contributed by atoms with E-state index in [0.717, 1.165) is 29.0 Å². The van der Waals surface area contributed by atoms with Crippen LogP contribution in [0.25, 0.3) is 0 Å². The van der Waals surface area contributed by atoms with Gasteiger partial charge in [0.05, 0.1) is 13.7 Å². The molecule has 0 aromatic heterocycles. The van der Waals surface area contributed by atoms with Crippen LogP contribution < -0.4 is 10.1 Å². The van der Waals surface area contributed by atoms with Gasteiger partial charge in [0.1, 0.15) is 5.75 Å². The van der Waals surface area contributed by atoms with Gasteiger partial charge in [0.15, 0.2) is 0 Å². The van der Waals surface area contributed by atoms with Crippen LogP contribution in [-0.2, 0) is 4.74 Å². The molecule has 0 radical (unpaired) electrons. The van der Waals surface area contributed by atoms with Gasteiger partial charge < -0.3 is 14.8 Å². The SMILES string of the molecule is CCC(COC)Nc1ccc(C)c(OC)c1C. The second kappa shape index (κ2) is 6.50. The first kappa shape index (κ1) is 13.8. The summed E-state index contributed by atoms with van der Waals surface area (Å²) in [7, 11) is 3.44. The monoisotopic (exact) mass is 237 g/mol. The number of ether oxygens (including phenoxy) is 2. The van der Waals surface area contributed by atoms with Crippen LogP contribution in [0.4, 0.5) is 5.69 Å². The highest BCUT2D eigenvalue weighted by Crippen LogP contribution is 2.29. The summed E-state index contributed by atoms with van der Waals surface area (Å²) < 4.78 is 10.6. The predicted molar refractivity (Wildman–Crippen MR) is 72.0 cm³/mol. The number of rotatable bonds is 6. The van der Waals surface area contributed by atoms with Crippen molar-refractivity contribution in [1.29, 1.82) is 0 Å². The molecule has 0 fully saturated rings. The first-order chi connectivity index (χ1) is 8.13. The van der Waals surface area contributed by atoms with Crippen molar-refractivity contribution in [3.05, 3.63) is 23.3 Å². The molecule has 17 heavy (non-hydrogen) atoms. The number of nitrogens with one attached hydrogen (secondary N) is 1. The lowest BCUT2D eigenvalue weighted by Crippen LogP contribution is -2.24. The molecule has 0 saturated heterocycles. The summed E-state index contributed by atoms with van der Waals surface area (Å²) in [5.41, 5.74) is 3.44. The van der Waals surface area contributed by atoms with Crippen LogP contribution in [0.3, 0.4) is 0 Å². The fourth-order valence-corrected chi connectivity index (χ4v) is 1.98. The lowest BCUT2D eigenvalue weighted by Gasteiger charge is -2.20. The zero-order chi connectivity index (χ0) is 12.8. The number of hydrogen-bond acceptors (Lipinski definition) is 3. The van der Waals surface area contributed by atoms with Gasteiger partial charge >= 0.3 is 0 Å². The van der Waals surface area contributed by atoms with Gasteiger partial charge in [-0.15, -0.1) is 0 Å². The van der Waals surface area contributed by atoms with Crippen molar-refractivity contribution >= 4 is 5.69 Å². The van der Waals surface area contributed by atoms with Gasteiger partial charge in [0.2, 0.25) is 0 Å². The van der Waals surface area contributed by atoms with Crippen LogP contribution >= 0.6 is 0 Å². The van der Waals surface area contributed by atoms with Crippen molar-refractivity contribution in [2.24, 2.45) is 0 Å². The van der Waals surface area contributed by atoms with Crippen LogP contribution in [-0.4, -0.2) is 26.9 Å². The Kier molecular flexibility index (Phi) is 5.29. The summed E-state index contributed by atoms with van der Waals surface area (Å²) in [5, 5.41) is 3.49.